The van der Waals surface area contributed by atoms with Crippen LogP contribution in [0.2, 0.25) is 0 Å². The van der Waals surface area contributed by atoms with Gasteiger partial charge < -0.3 is 10.4 Å². The van der Waals surface area contributed by atoms with Gasteiger partial charge in [0.1, 0.15) is 6.04 Å². The maximum Gasteiger partial charge on any atom is 0.269 e. The van der Waals surface area contributed by atoms with Crippen LogP contribution in [-0.2, 0) is 9.59 Å². The summed E-state index contributed by atoms with van der Waals surface area (Å²) in [5, 5.41) is 22.4. The molecule has 3 rings (SSSR count). The number of benzene rings is 2. The van der Waals surface area contributed by atoms with E-state index in [9.17, 15) is 19.9 Å². The number of carbonyl (C=O) groups is 2. The average molecular weight is 459 g/mol. The van der Waals surface area contributed by atoms with Gasteiger partial charge in [0.15, 0.2) is 0 Å². The number of nitrogens with zero attached hydrogens (tertiary/aromatic N) is 2. The van der Waals surface area contributed by atoms with E-state index >= 15 is 0 Å². The number of hydrogen-bond acceptors (Lipinski definition) is 6. The van der Waals surface area contributed by atoms with Gasteiger partial charge in [-0.15, -0.1) is 0 Å². The fourth-order valence-electron chi connectivity index (χ4n) is 3.30. The first-order chi connectivity index (χ1) is 16.4. The van der Waals surface area contributed by atoms with Gasteiger partial charge in [0.2, 0.25) is 5.91 Å². The van der Waals surface area contributed by atoms with E-state index in [4.69, 9.17) is 0 Å². The highest BCUT2D eigenvalue weighted by atomic mass is 16.5. The molecule has 0 aliphatic carbocycles. The van der Waals surface area contributed by atoms with E-state index in [2.05, 4.69) is 22.1 Å². The molecule has 0 bridgehead atoms. The van der Waals surface area contributed by atoms with E-state index < -0.39 is 24.0 Å². The second-order valence-corrected chi connectivity index (χ2v) is 7.68. The van der Waals surface area contributed by atoms with Crippen molar-refractivity contribution < 1.29 is 19.9 Å². The lowest BCUT2D eigenvalue weighted by atomic mass is 10.1. The van der Waals surface area contributed by atoms with Gasteiger partial charge in [-0.25, -0.2) is 5.48 Å². The van der Waals surface area contributed by atoms with Crippen LogP contribution in [-0.4, -0.2) is 45.8 Å². The number of rotatable bonds is 7. The van der Waals surface area contributed by atoms with Crippen molar-refractivity contribution in [3.8, 4) is 11.8 Å². The summed E-state index contributed by atoms with van der Waals surface area (Å²) in [6.07, 6.45) is 1.91. The van der Waals surface area contributed by atoms with E-state index in [-0.39, 0.29) is 6.54 Å². The Labute approximate surface area is 198 Å². The van der Waals surface area contributed by atoms with Crippen molar-refractivity contribution in [2.24, 2.45) is 0 Å². The molecule has 0 fully saturated rings. The number of aryl methyl sites for hydroxylation is 1. The minimum atomic E-state index is -1.35. The Bertz CT molecular complexity index is 1170. The van der Waals surface area contributed by atoms with Crippen molar-refractivity contribution in [1.29, 1.82) is 0 Å². The third-order valence-electron chi connectivity index (χ3n) is 5.05. The summed E-state index contributed by atoms with van der Waals surface area (Å²) in [6, 6.07) is 16.6. The van der Waals surface area contributed by atoms with Crippen molar-refractivity contribution in [3.05, 3.63) is 89.7 Å². The van der Waals surface area contributed by atoms with Crippen LogP contribution in [0.15, 0.2) is 73.1 Å². The molecule has 2 aromatic carbocycles. The molecular weight excluding hydrogens is 432 g/mol. The molecule has 3 aromatic rings. The largest absolute Gasteiger partial charge is 0.391 e. The molecule has 0 unspecified atom stereocenters. The van der Waals surface area contributed by atoms with Crippen LogP contribution in [0.5, 0.6) is 0 Å². The highest BCUT2D eigenvalue weighted by Gasteiger charge is 2.34. The Morgan fingerprint density at radius 3 is 2.06 bits per heavy atom. The molecule has 4 N–H and O–H groups in total. The number of amides is 2. The molecule has 0 aliphatic rings. The molecule has 174 valence electrons. The predicted molar refractivity (Wildman–Crippen MR) is 129 cm³/mol. The first-order valence-corrected chi connectivity index (χ1v) is 10.7. The molecule has 0 aliphatic heterocycles. The second kappa shape index (κ2) is 11.6. The van der Waals surface area contributed by atoms with E-state index in [1.807, 2.05) is 31.2 Å². The standard InChI is InChI=1S/C26H26N4O4/c1-18-3-5-20(6-4-18)7-8-21-9-11-23(12-10-21)30(25(19(2)31)26(33)29-34)24(32)17-28-22-13-15-27-16-14-22/h3-6,9-16,19,25,31,34H,17H2,1-2H3,(H,27,28)(H,29,33)/t19-,25+/m1/s1. The summed E-state index contributed by atoms with van der Waals surface area (Å²) in [5.74, 6) is 4.76. The Morgan fingerprint density at radius 2 is 1.53 bits per heavy atom. The molecule has 0 radical (unpaired) electrons. The maximum absolute atomic E-state index is 13.2. The summed E-state index contributed by atoms with van der Waals surface area (Å²) in [5.41, 5.74) is 5.32. The van der Waals surface area contributed by atoms with Gasteiger partial charge in [0.05, 0.1) is 12.6 Å². The number of hydroxylamine groups is 1. The van der Waals surface area contributed by atoms with Crippen LogP contribution in [0, 0.1) is 18.8 Å². The van der Waals surface area contributed by atoms with E-state index in [0.717, 1.165) is 16.0 Å². The normalized spacial score (nSPS) is 12.0. The second-order valence-electron chi connectivity index (χ2n) is 7.68. The van der Waals surface area contributed by atoms with Crippen molar-refractivity contribution in [1.82, 2.24) is 10.5 Å². The molecule has 8 heteroatoms. The van der Waals surface area contributed by atoms with Gasteiger partial charge in [-0.3, -0.25) is 24.7 Å². The van der Waals surface area contributed by atoms with Gasteiger partial charge in [0.25, 0.3) is 5.91 Å². The SMILES string of the molecule is Cc1ccc(C#Cc2ccc(N(C(=O)CNc3ccncc3)[C@H](C(=O)NO)[C@@H](C)O)cc2)cc1. The Kier molecular flexibility index (Phi) is 8.35. The smallest absolute Gasteiger partial charge is 0.269 e. The summed E-state index contributed by atoms with van der Waals surface area (Å²) in [7, 11) is 0. The van der Waals surface area contributed by atoms with Crippen LogP contribution >= 0.6 is 0 Å². The van der Waals surface area contributed by atoms with Gasteiger partial charge in [-0.1, -0.05) is 29.5 Å². The molecule has 8 nitrogen and oxygen atoms in total. The molecular formula is C26H26N4O4. The molecule has 2 atom stereocenters. The van der Waals surface area contributed by atoms with Crippen molar-refractivity contribution in [3.63, 3.8) is 0 Å². The summed E-state index contributed by atoms with van der Waals surface area (Å²) in [4.78, 5) is 30.6. The Balaban J connectivity index is 1.86. The van der Waals surface area contributed by atoms with Crippen LogP contribution in [0.4, 0.5) is 11.4 Å². The van der Waals surface area contributed by atoms with E-state index in [1.54, 1.807) is 48.8 Å². The minimum Gasteiger partial charge on any atom is -0.391 e. The monoisotopic (exact) mass is 458 g/mol. The zero-order valence-electron chi connectivity index (χ0n) is 18.9. The summed E-state index contributed by atoms with van der Waals surface area (Å²) in [6.45, 7) is 3.23. The minimum absolute atomic E-state index is 0.152. The zero-order chi connectivity index (χ0) is 24.5. The number of hydrogen-bond donors (Lipinski definition) is 4. The van der Waals surface area contributed by atoms with Crippen molar-refractivity contribution in [2.45, 2.75) is 26.0 Å². The number of carbonyl (C=O) groups excluding carboxylic acids is 2. The number of aliphatic hydroxyl groups excluding tert-OH is 1. The lowest BCUT2D eigenvalue weighted by Crippen LogP contribution is -2.55. The molecule has 0 saturated carbocycles. The van der Waals surface area contributed by atoms with E-state index in [0.29, 0.717) is 16.9 Å². The maximum atomic E-state index is 13.2. The molecule has 2 amide bonds. The fourth-order valence-corrected chi connectivity index (χ4v) is 3.30. The summed E-state index contributed by atoms with van der Waals surface area (Å²) < 4.78 is 0. The lowest BCUT2D eigenvalue weighted by molar-refractivity contribution is -0.135. The topological polar surface area (TPSA) is 115 Å². The molecule has 1 heterocycles. The molecule has 0 saturated heterocycles. The molecule has 34 heavy (non-hydrogen) atoms. The zero-order valence-corrected chi connectivity index (χ0v) is 18.9. The number of anilines is 2. The summed E-state index contributed by atoms with van der Waals surface area (Å²) >= 11 is 0. The Hall–Kier alpha value is -4.19. The van der Waals surface area contributed by atoms with Gasteiger partial charge >= 0.3 is 0 Å². The number of pyridine rings is 1. The van der Waals surface area contributed by atoms with Crippen LogP contribution < -0.4 is 15.7 Å². The Morgan fingerprint density at radius 1 is 0.971 bits per heavy atom. The number of nitrogens with one attached hydrogen (secondary N) is 2. The highest BCUT2D eigenvalue weighted by molar-refractivity contribution is 6.02. The predicted octanol–water partition coefficient (Wildman–Crippen LogP) is 2.49. The van der Waals surface area contributed by atoms with Crippen molar-refractivity contribution in [2.75, 3.05) is 16.8 Å². The van der Waals surface area contributed by atoms with Crippen molar-refractivity contribution >= 4 is 23.2 Å². The van der Waals surface area contributed by atoms with E-state index in [1.165, 1.54) is 12.4 Å². The van der Waals surface area contributed by atoms with Gasteiger partial charge in [-0.05, 0) is 62.4 Å². The highest BCUT2D eigenvalue weighted by Crippen LogP contribution is 2.21. The molecule has 1 aromatic heterocycles. The fraction of sp³-hybridized carbons (Fsp3) is 0.192. The average Bonchev–Trinajstić information content (AvgIpc) is 2.86. The quantitative estimate of drug-likeness (QED) is 0.246. The third-order valence-corrected chi connectivity index (χ3v) is 5.05. The third kappa shape index (κ3) is 6.42. The first kappa shape index (κ1) is 24.5. The molecule has 0 spiro atoms. The van der Waals surface area contributed by atoms with Crippen LogP contribution in [0.25, 0.3) is 0 Å². The first-order valence-electron chi connectivity index (χ1n) is 10.7. The number of aromatic nitrogens is 1. The van der Waals surface area contributed by atoms with Gasteiger partial charge in [-0.2, -0.15) is 0 Å². The van der Waals surface area contributed by atoms with Crippen LogP contribution in [0.1, 0.15) is 23.6 Å². The lowest BCUT2D eigenvalue weighted by Gasteiger charge is -2.32. The number of aliphatic hydroxyl groups is 1. The van der Waals surface area contributed by atoms with Gasteiger partial charge in [0, 0.05) is 34.9 Å². The van der Waals surface area contributed by atoms with Crippen LogP contribution in [0.3, 0.4) is 0 Å².